The number of rotatable bonds is 9. The summed E-state index contributed by atoms with van der Waals surface area (Å²) in [5.74, 6) is 0.0272. The molecule has 0 aliphatic heterocycles. The van der Waals surface area contributed by atoms with E-state index in [1.807, 2.05) is 58.9 Å². The summed E-state index contributed by atoms with van der Waals surface area (Å²) in [4.78, 5) is 29.5. The van der Waals surface area contributed by atoms with Crippen LogP contribution in [0.25, 0.3) is 0 Å². The molecule has 0 saturated carbocycles. The molecule has 0 saturated heterocycles. The van der Waals surface area contributed by atoms with Gasteiger partial charge in [-0.15, -0.1) is 0 Å². The van der Waals surface area contributed by atoms with Gasteiger partial charge in [-0.1, -0.05) is 35.6 Å². The van der Waals surface area contributed by atoms with E-state index in [2.05, 4.69) is 15.6 Å². The minimum Gasteiger partial charge on any atom is -0.444 e. The Balaban J connectivity index is 1.72. The number of aromatic nitrogens is 1. The van der Waals surface area contributed by atoms with Crippen molar-refractivity contribution in [1.82, 2.24) is 10.3 Å². The van der Waals surface area contributed by atoms with E-state index in [-0.39, 0.29) is 11.9 Å². The number of hydrogen-bond acceptors (Lipinski definition) is 6. The van der Waals surface area contributed by atoms with Crippen LogP contribution in [0.5, 0.6) is 0 Å². The van der Waals surface area contributed by atoms with Crippen molar-refractivity contribution in [3.05, 3.63) is 46.0 Å². The average molecular weight is 418 g/mol. The van der Waals surface area contributed by atoms with Crippen LogP contribution in [0.1, 0.15) is 66.5 Å². The molecule has 0 bridgehead atoms. The summed E-state index contributed by atoms with van der Waals surface area (Å²) in [6, 6.07) is 7.62. The summed E-state index contributed by atoms with van der Waals surface area (Å²) in [5, 5.41) is 6.83. The molecule has 0 aliphatic rings. The van der Waals surface area contributed by atoms with Gasteiger partial charge in [-0.3, -0.25) is 4.79 Å². The zero-order valence-electron chi connectivity index (χ0n) is 17.9. The number of carbonyl (C=O) groups excluding carboxylic acids is 2. The van der Waals surface area contributed by atoms with E-state index in [0.717, 1.165) is 47.8 Å². The van der Waals surface area contributed by atoms with Gasteiger partial charge in [0.25, 0.3) is 0 Å². The summed E-state index contributed by atoms with van der Waals surface area (Å²) in [5.41, 5.74) is 1.98. The van der Waals surface area contributed by atoms with Crippen molar-refractivity contribution in [3.63, 3.8) is 0 Å². The van der Waals surface area contributed by atoms with Crippen molar-refractivity contribution in [2.24, 2.45) is 0 Å². The molecule has 0 fully saturated rings. The predicted octanol–water partition coefficient (Wildman–Crippen LogP) is 5.10. The van der Waals surface area contributed by atoms with Crippen molar-refractivity contribution >= 4 is 28.3 Å². The molecule has 29 heavy (non-hydrogen) atoms. The van der Waals surface area contributed by atoms with E-state index in [0.29, 0.717) is 11.4 Å². The fraction of sp³-hybridized carbons (Fsp3) is 0.500. The van der Waals surface area contributed by atoms with Crippen LogP contribution in [0.15, 0.2) is 24.3 Å². The van der Waals surface area contributed by atoms with Crippen molar-refractivity contribution in [1.29, 1.82) is 0 Å². The number of hydrogen-bond donors (Lipinski definition) is 2. The van der Waals surface area contributed by atoms with E-state index in [9.17, 15) is 9.59 Å². The third-order valence-electron chi connectivity index (χ3n) is 4.19. The molecule has 2 aromatic rings. The number of nitrogens with zero attached hydrogens (tertiary/aromatic N) is 1. The monoisotopic (exact) mass is 417 g/mol. The molecule has 158 valence electrons. The lowest BCUT2D eigenvalue weighted by molar-refractivity contribution is 0.0527. The van der Waals surface area contributed by atoms with Crippen LogP contribution in [0.3, 0.4) is 0 Å². The second-order valence-corrected chi connectivity index (χ2v) is 8.99. The largest absolute Gasteiger partial charge is 0.444 e. The SMILES string of the molecule is Cc1ccccc1C(=O)c1sc(NCCCCCNC(=O)OC(C)(C)C)nc1C. The molecule has 0 radical (unpaired) electrons. The highest BCUT2D eigenvalue weighted by atomic mass is 32.1. The third-order valence-corrected chi connectivity index (χ3v) is 5.30. The van der Waals surface area contributed by atoms with E-state index in [4.69, 9.17) is 4.74 Å². The first-order chi connectivity index (χ1) is 13.7. The molecular weight excluding hydrogens is 386 g/mol. The maximum Gasteiger partial charge on any atom is 0.407 e. The highest BCUT2D eigenvalue weighted by molar-refractivity contribution is 7.17. The molecule has 7 heteroatoms. The van der Waals surface area contributed by atoms with Crippen LogP contribution in [0.2, 0.25) is 0 Å². The first kappa shape index (κ1) is 22.9. The number of anilines is 1. The van der Waals surface area contributed by atoms with Crippen molar-refractivity contribution < 1.29 is 14.3 Å². The lowest BCUT2D eigenvalue weighted by atomic mass is 10.0. The first-order valence-electron chi connectivity index (χ1n) is 9.96. The molecule has 1 heterocycles. The zero-order chi connectivity index (χ0) is 21.4. The third kappa shape index (κ3) is 7.49. The molecule has 2 N–H and O–H groups in total. The molecule has 1 amide bonds. The second-order valence-electron chi connectivity index (χ2n) is 7.99. The Kier molecular flexibility index (Phi) is 8.20. The molecule has 2 rings (SSSR count). The van der Waals surface area contributed by atoms with Gasteiger partial charge in [-0.2, -0.15) is 0 Å². The number of ether oxygens (including phenoxy) is 1. The van der Waals surface area contributed by atoms with Gasteiger partial charge in [-0.05, 0) is 59.4 Å². The van der Waals surface area contributed by atoms with Gasteiger partial charge < -0.3 is 15.4 Å². The van der Waals surface area contributed by atoms with E-state index in [1.165, 1.54) is 11.3 Å². The topological polar surface area (TPSA) is 80.3 Å². The summed E-state index contributed by atoms with van der Waals surface area (Å²) < 4.78 is 5.20. The second kappa shape index (κ2) is 10.4. The lowest BCUT2D eigenvalue weighted by Gasteiger charge is -2.19. The van der Waals surface area contributed by atoms with Crippen LogP contribution >= 0.6 is 11.3 Å². The van der Waals surface area contributed by atoms with E-state index < -0.39 is 5.60 Å². The van der Waals surface area contributed by atoms with Gasteiger partial charge in [0.2, 0.25) is 5.78 Å². The number of carbonyl (C=O) groups is 2. The average Bonchev–Trinajstić information content (AvgIpc) is 3.00. The Morgan fingerprint density at radius 3 is 2.45 bits per heavy atom. The Morgan fingerprint density at radius 2 is 1.76 bits per heavy atom. The van der Waals surface area contributed by atoms with Gasteiger partial charge in [-0.25, -0.2) is 9.78 Å². The van der Waals surface area contributed by atoms with Gasteiger partial charge in [0.1, 0.15) is 5.60 Å². The summed E-state index contributed by atoms with van der Waals surface area (Å²) in [6.45, 7) is 10.7. The summed E-state index contributed by atoms with van der Waals surface area (Å²) >= 11 is 1.40. The van der Waals surface area contributed by atoms with Crippen molar-refractivity contribution in [2.75, 3.05) is 18.4 Å². The fourth-order valence-electron chi connectivity index (χ4n) is 2.76. The number of ketones is 1. The number of benzene rings is 1. The lowest BCUT2D eigenvalue weighted by Crippen LogP contribution is -2.33. The maximum atomic E-state index is 12.8. The maximum absolute atomic E-state index is 12.8. The molecule has 1 aromatic heterocycles. The number of alkyl carbamates (subject to hydrolysis) is 1. The Labute approximate surface area is 177 Å². The Bertz CT molecular complexity index is 840. The first-order valence-corrected chi connectivity index (χ1v) is 10.8. The smallest absolute Gasteiger partial charge is 0.407 e. The standard InChI is InChI=1S/C22H31N3O3S/c1-15-11-7-8-12-17(15)18(26)19-16(2)25-20(29-19)23-13-9-6-10-14-24-21(27)28-22(3,4)5/h7-8,11-12H,6,9-10,13-14H2,1-5H3,(H,23,25)(H,24,27). The normalized spacial score (nSPS) is 11.2. The van der Waals surface area contributed by atoms with Crippen LogP contribution < -0.4 is 10.6 Å². The van der Waals surface area contributed by atoms with Crippen molar-refractivity contribution in [2.45, 2.75) is 59.5 Å². The minimum absolute atomic E-state index is 0.0272. The van der Waals surface area contributed by atoms with Crippen molar-refractivity contribution in [3.8, 4) is 0 Å². The summed E-state index contributed by atoms with van der Waals surface area (Å²) in [7, 11) is 0. The van der Waals surface area contributed by atoms with Gasteiger partial charge >= 0.3 is 6.09 Å². The molecule has 0 aliphatic carbocycles. The van der Waals surface area contributed by atoms with Crippen LogP contribution in [-0.2, 0) is 4.74 Å². The number of thiazole rings is 1. The number of amides is 1. The quantitative estimate of drug-likeness (QED) is 0.438. The number of nitrogens with one attached hydrogen (secondary N) is 2. The molecule has 0 unspecified atom stereocenters. The molecule has 1 aromatic carbocycles. The highest BCUT2D eigenvalue weighted by Gasteiger charge is 2.18. The summed E-state index contributed by atoms with van der Waals surface area (Å²) in [6.07, 6.45) is 2.44. The highest BCUT2D eigenvalue weighted by Crippen LogP contribution is 2.26. The molecule has 0 spiro atoms. The van der Waals surface area contributed by atoms with Gasteiger partial charge in [0.15, 0.2) is 5.13 Å². The van der Waals surface area contributed by atoms with Crippen LogP contribution in [0.4, 0.5) is 9.93 Å². The molecule has 0 atom stereocenters. The minimum atomic E-state index is -0.473. The van der Waals surface area contributed by atoms with E-state index >= 15 is 0 Å². The number of aryl methyl sites for hydroxylation is 2. The molecular formula is C22H31N3O3S. The predicted molar refractivity (Wildman–Crippen MR) is 118 cm³/mol. The zero-order valence-corrected chi connectivity index (χ0v) is 18.7. The van der Waals surface area contributed by atoms with Gasteiger partial charge in [0, 0.05) is 18.7 Å². The van der Waals surface area contributed by atoms with E-state index in [1.54, 1.807) is 0 Å². The molecule has 6 nitrogen and oxygen atoms in total. The fourth-order valence-corrected chi connectivity index (χ4v) is 3.71. The van der Waals surface area contributed by atoms with Crippen LogP contribution in [-0.4, -0.2) is 35.6 Å². The van der Waals surface area contributed by atoms with Crippen LogP contribution in [0, 0.1) is 13.8 Å². The number of unbranched alkanes of at least 4 members (excludes halogenated alkanes) is 2. The Morgan fingerprint density at radius 1 is 1.07 bits per heavy atom. The Hall–Kier alpha value is -2.41. The van der Waals surface area contributed by atoms with Gasteiger partial charge in [0.05, 0.1) is 10.6 Å².